The Balaban J connectivity index is 2.04. The molecule has 0 bridgehead atoms. The number of benzene rings is 1. The smallest absolute Gasteiger partial charge is 0.179 e. The molecule has 1 aromatic carbocycles. The van der Waals surface area contributed by atoms with Crippen LogP contribution in [0.15, 0.2) is 36.5 Å². The van der Waals surface area contributed by atoms with Gasteiger partial charge in [0.2, 0.25) is 0 Å². The standard InChI is InChI=1S/C17H21NO3/c1-4-18-11-5-6-14(18)15(19)9-7-13-8-10-16(20-2)17(12-13)21-3/h5-6,8,10-12H,4,7,9H2,1-3H3. The number of hydrogen-bond acceptors (Lipinski definition) is 3. The highest BCUT2D eigenvalue weighted by atomic mass is 16.5. The van der Waals surface area contributed by atoms with Crippen LogP contribution in [-0.2, 0) is 13.0 Å². The number of rotatable bonds is 7. The zero-order valence-electron chi connectivity index (χ0n) is 12.8. The van der Waals surface area contributed by atoms with Crippen LogP contribution >= 0.6 is 0 Å². The second-order valence-corrected chi connectivity index (χ2v) is 4.79. The molecule has 0 saturated heterocycles. The molecule has 0 aliphatic carbocycles. The Bertz CT molecular complexity index is 616. The summed E-state index contributed by atoms with van der Waals surface area (Å²) in [4.78, 5) is 12.3. The normalized spacial score (nSPS) is 10.4. The highest BCUT2D eigenvalue weighted by Gasteiger charge is 2.11. The largest absolute Gasteiger partial charge is 0.493 e. The van der Waals surface area contributed by atoms with Gasteiger partial charge in [-0.05, 0) is 43.2 Å². The predicted octanol–water partition coefficient (Wildman–Crippen LogP) is 3.34. The van der Waals surface area contributed by atoms with Crippen molar-refractivity contribution in [3.63, 3.8) is 0 Å². The number of ketones is 1. The Hall–Kier alpha value is -2.23. The van der Waals surface area contributed by atoms with Crippen LogP contribution < -0.4 is 9.47 Å². The summed E-state index contributed by atoms with van der Waals surface area (Å²) < 4.78 is 12.5. The number of nitrogens with zero attached hydrogens (tertiary/aromatic N) is 1. The third-order valence-corrected chi connectivity index (χ3v) is 3.54. The molecule has 0 atom stereocenters. The van der Waals surface area contributed by atoms with Crippen molar-refractivity contribution in [1.29, 1.82) is 0 Å². The van der Waals surface area contributed by atoms with Crippen molar-refractivity contribution in [2.24, 2.45) is 0 Å². The van der Waals surface area contributed by atoms with Gasteiger partial charge >= 0.3 is 0 Å². The average Bonchev–Trinajstić information content (AvgIpc) is 3.00. The quantitative estimate of drug-likeness (QED) is 0.733. The van der Waals surface area contributed by atoms with Crippen LogP contribution in [0.5, 0.6) is 11.5 Å². The van der Waals surface area contributed by atoms with Crippen LogP contribution in [0.25, 0.3) is 0 Å². The topological polar surface area (TPSA) is 40.5 Å². The molecule has 0 unspecified atom stereocenters. The SMILES string of the molecule is CCn1cccc1C(=O)CCc1ccc(OC)c(OC)c1. The molecule has 0 aliphatic heterocycles. The van der Waals surface area contributed by atoms with E-state index in [-0.39, 0.29) is 5.78 Å². The average molecular weight is 287 g/mol. The van der Waals surface area contributed by atoms with Gasteiger partial charge in [-0.25, -0.2) is 0 Å². The number of methoxy groups -OCH3 is 2. The lowest BCUT2D eigenvalue weighted by Gasteiger charge is -2.10. The number of hydrogen-bond donors (Lipinski definition) is 0. The van der Waals surface area contributed by atoms with E-state index in [1.807, 2.05) is 48.0 Å². The second kappa shape index (κ2) is 6.97. The van der Waals surface area contributed by atoms with Gasteiger partial charge in [0.25, 0.3) is 0 Å². The molecule has 0 radical (unpaired) electrons. The molecule has 0 spiro atoms. The van der Waals surface area contributed by atoms with Gasteiger partial charge in [0.05, 0.1) is 19.9 Å². The van der Waals surface area contributed by atoms with E-state index in [0.29, 0.717) is 24.3 Å². The summed E-state index contributed by atoms with van der Waals surface area (Å²) in [5.41, 5.74) is 1.84. The minimum atomic E-state index is 0.164. The van der Waals surface area contributed by atoms with Crippen molar-refractivity contribution in [3.8, 4) is 11.5 Å². The third-order valence-electron chi connectivity index (χ3n) is 3.54. The fourth-order valence-electron chi connectivity index (χ4n) is 2.37. The maximum Gasteiger partial charge on any atom is 0.179 e. The summed E-state index contributed by atoms with van der Waals surface area (Å²) in [6.07, 6.45) is 3.11. The van der Waals surface area contributed by atoms with Crippen LogP contribution in [0.4, 0.5) is 0 Å². The molecule has 4 nitrogen and oxygen atoms in total. The number of aromatic nitrogens is 1. The lowest BCUT2D eigenvalue weighted by molar-refractivity contribution is 0.0974. The van der Waals surface area contributed by atoms with E-state index in [1.54, 1.807) is 14.2 Å². The Labute approximate surface area is 125 Å². The fraction of sp³-hybridized carbons (Fsp3) is 0.353. The van der Waals surface area contributed by atoms with E-state index in [9.17, 15) is 4.79 Å². The van der Waals surface area contributed by atoms with Crippen molar-refractivity contribution in [2.45, 2.75) is 26.3 Å². The maximum atomic E-state index is 12.3. The van der Waals surface area contributed by atoms with Crippen molar-refractivity contribution in [2.75, 3.05) is 14.2 Å². The number of aryl methyl sites for hydroxylation is 2. The molecule has 0 amide bonds. The molecule has 2 aromatic rings. The van der Waals surface area contributed by atoms with Crippen LogP contribution in [0, 0.1) is 0 Å². The van der Waals surface area contributed by atoms with Gasteiger partial charge in [0.15, 0.2) is 17.3 Å². The predicted molar refractivity (Wildman–Crippen MR) is 82.3 cm³/mol. The van der Waals surface area contributed by atoms with E-state index < -0.39 is 0 Å². The van der Waals surface area contributed by atoms with Crippen molar-refractivity contribution >= 4 is 5.78 Å². The summed E-state index contributed by atoms with van der Waals surface area (Å²) in [7, 11) is 3.22. The van der Waals surface area contributed by atoms with Crippen LogP contribution in [-0.4, -0.2) is 24.6 Å². The molecule has 0 fully saturated rings. The Morgan fingerprint density at radius 3 is 2.57 bits per heavy atom. The monoisotopic (exact) mass is 287 g/mol. The lowest BCUT2D eigenvalue weighted by atomic mass is 10.1. The molecule has 0 saturated carbocycles. The van der Waals surface area contributed by atoms with Gasteiger partial charge in [-0.3, -0.25) is 4.79 Å². The van der Waals surface area contributed by atoms with Gasteiger partial charge in [-0.1, -0.05) is 6.07 Å². The van der Waals surface area contributed by atoms with E-state index >= 15 is 0 Å². The third kappa shape index (κ3) is 3.45. The lowest BCUT2D eigenvalue weighted by Crippen LogP contribution is -2.08. The van der Waals surface area contributed by atoms with E-state index in [0.717, 1.165) is 17.8 Å². The van der Waals surface area contributed by atoms with Gasteiger partial charge in [-0.15, -0.1) is 0 Å². The molecule has 4 heteroatoms. The van der Waals surface area contributed by atoms with Crippen LogP contribution in [0.1, 0.15) is 29.4 Å². The van der Waals surface area contributed by atoms with E-state index in [4.69, 9.17) is 9.47 Å². The zero-order chi connectivity index (χ0) is 15.2. The number of ether oxygens (including phenoxy) is 2. The Kier molecular flexibility index (Phi) is 5.04. The first-order valence-corrected chi connectivity index (χ1v) is 7.08. The first-order valence-electron chi connectivity index (χ1n) is 7.08. The summed E-state index contributed by atoms with van der Waals surface area (Å²) in [6, 6.07) is 9.54. The summed E-state index contributed by atoms with van der Waals surface area (Å²) in [5, 5.41) is 0. The zero-order valence-corrected chi connectivity index (χ0v) is 12.8. The van der Waals surface area contributed by atoms with E-state index in [2.05, 4.69) is 0 Å². The number of Topliss-reactive ketones (excluding diaryl/α,β-unsaturated/α-hetero) is 1. The summed E-state index contributed by atoms with van der Waals surface area (Å²) in [6.45, 7) is 2.84. The Morgan fingerprint density at radius 2 is 1.90 bits per heavy atom. The molecular formula is C17H21NO3. The first kappa shape index (κ1) is 15.2. The second-order valence-electron chi connectivity index (χ2n) is 4.79. The number of carbonyl (C=O) groups is 1. The molecule has 1 aromatic heterocycles. The molecule has 112 valence electrons. The minimum Gasteiger partial charge on any atom is -0.493 e. The highest BCUT2D eigenvalue weighted by molar-refractivity contribution is 5.94. The highest BCUT2D eigenvalue weighted by Crippen LogP contribution is 2.28. The molecule has 1 heterocycles. The van der Waals surface area contributed by atoms with E-state index in [1.165, 1.54) is 0 Å². The van der Waals surface area contributed by atoms with Crippen molar-refractivity contribution in [1.82, 2.24) is 4.57 Å². The van der Waals surface area contributed by atoms with Gasteiger partial charge in [-0.2, -0.15) is 0 Å². The van der Waals surface area contributed by atoms with Gasteiger partial charge < -0.3 is 14.0 Å². The summed E-state index contributed by atoms with van der Waals surface area (Å²) in [5.74, 6) is 1.56. The van der Waals surface area contributed by atoms with Gasteiger partial charge in [0, 0.05) is 19.2 Å². The molecule has 21 heavy (non-hydrogen) atoms. The molecular weight excluding hydrogens is 266 g/mol. The maximum absolute atomic E-state index is 12.3. The fourth-order valence-corrected chi connectivity index (χ4v) is 2.37. The minimum absolute atomic E-state index is 0.164. The Morgan fingerprint density at radius 1 is 1.14 bits per heavy atom. The molecule has 0 aliphatic rings. The van der Waals surface area contributed by atoms with Crippen molar-refractivity contribution in [3.05, 3.63) is 47.8 Å². The summed E-state index contributed by atoms with van der Waals surface area (Å²) >= 11 is 0. The number of carbonyl (C=O) groups excluding carboxylic acids is 1. The molecule has 2 rings (SSSR count). The molecule has 0 N–H and O–H groups in total. The van der Waals surface area contributed by atoms with Gasteiger partial charge in [0.1, 0.15) is 0 Å². The van der Waals surface area contributed by atoms with Crippen LogP contribution in [0.2, 0.25) is 0 Å². The first-order chi connectivity index (χ1) is 10.2. The van der Waals surface area contributed by atoms with Crippen LogP contribution in [0.3, 0.4) is 0 Å². The van der Waals surface area contributed by atoms with Crippen molar-refractivity contribution < 1.29 is 14.3 Å².